The zero-order valence-electron chi connectivity index (χ0n) is 9.60. The Morgan fingerprint density at radius 1 is 1.69 bits per heavy atom. The van der Waals surface area contributed by atoms with Gasteiger partial charge in [0.25, 0.3) is 0 Å². The van der Waals surface area contributed by atoms with Crippen LogP contribution in [0.1, 0.15) is 19.0 Å². The molecule has 0 aliphatic heterocycles. The Bertz CT molecular complexity index is 333. The number of hydrogen-bond donors (Lipinski definition) is 3. The first-order chi connectivity index (χ1) is 7.67. The van der Waals surface area contributed by atoms with Crippen LogP contribution in [0.3, 0.4) is 0 Å². The Hall–Kier alpha value is -1.56. The second kappa shape index (κ2) is 6.12. The quantitative estimate of drug-likeness (QED) is 0.660. The smallest absolute Gasteiger partial charge is 0.315 e. The van der Waals surface area contributed by atoms with Gasteiger partial charge in [0.15, 0.2) is 0 Å². The van der Waals surface area contributed by atoms with Gasteiger partial charge in [0.1, 0.15) is 0 Å². The zero-order valence-corrected chi connectivity index (χ0v) is 9.60. The van der Waals surface area contributed by atoms with E-state index in [0.29, 0.717) is 13.0 Å². The van der Waals surface area contributed by atoms with Gasteiger partial charge < -0.3 is 15.7 Å². The van der Waals surface area contributed by atoms with Gasteiger partial charge in [-0.05, 0) is 12.5 Å². The van der Waals surface area contributed by atoms with E-state index < -0.39 is 0 Å². The first-order valence-electron chi connectivity index (χ1n) is 5.29. The molecular weight excluding hydrogens is 208 g/mol. The number of aromatic nitrogens is 2. The van der Waals surface area contributed by atoms with Crippen molar-refractivity contribution in [2.75, 3.05) is 6.61 Å². The molecule has 0 spiro atoms. The lowest BCUT2D eigenvalue weighted by atomic mass is 10.2. The largest absolute Gasteiger partial charge is 0.394 e. The fraction of sp³-hybridized carbons (Fsp3) is 0.600. The summed E-state index contributed by atoms with van der Waals surface area (Å²) in [5.41, 5.74) is 0.923. The van der Waals surface area contributed by atoms with Crippen molar-refractivity contribution in [3.63, 3.8) is 0 Å². The van der Waals surface area contributed by atoms with Gasteiger partial charge in [-0.25, -0.2) is 4.79 Å². The molecule has 0 radical (unpaired) electrons. The van der Waals surface area contributed by atoms with E-state index in [2.05, 4.69) is 15.7 Å². The summed E-state index contributed by atoms with van der Waals surface area (Å²) in [5, 5.41) is 18.3. The van der Waals surface area contributed by atoms with Crippen LogP contribution in [0.15, 0.2) is 12.3 Å². The summed E-state index contributed by atoms with van der Waals surface area (Å²) in [6.45, 7) is 2.28. The minimum Gasteiger partial charge on any atom is -0.394 e. The van der Waals surface area contributed by atoms with E-state index >= 15 is 0 Å². The molecule has 0 saturated carbocycles. The summed E-state index contributed by atoms with van der Waals surface area (Å²) in [7, 11) is 1.82. The molecule has 0 aromatic carbocycles. The van der Waals surface area contributed by atoms with E-state index in [4.69, 9.17) is 5.11 Å². The monoisotopic (exact) mass is 226 g/mol. The van der Waals surface area contributed by atoms with E-state index in [9.17, 15) is 4.79 Å². The standard InChI is InChI=1S/C10H18N4O2/c1-3-8(7-15)13-10(16)11-6-9-4-5-12-14(9)2/h4-5,8,15H,3,6-7H2,1-2H3,(H2,11,13,16). The Balaban J connectivity index is 2.33. The summed E-state index contributed by atoms with van der Waals surface area (Å²) < 4.78 is 1.70. The molecule has 1 unspecified atom stereocenters. The van der Waals surface area contributed by atoms with Crippen molar-refractivity contribution in [2.45, 2.75) is 25.9 Å². The predicted molar refractivity (Wildman–Crippen MR) is 59.7 cm³/mol. The maximum absolute atomic E-state index is 11.4. The highest BCUT2D eigenvalue weighted by Gasteiger charge is 2.08. The van der Waals surface area contributed by atoms with Crippen LogP contribution in [0.2, 0.25) is 0 Å². The van der Waals surface area contributed by atoms with Gasteiger partial charge in [0, 0.05) is 13.2 Å². The third-order valence-corrected chi connectivity index (χ3v) is 2.40. The molecule has 0 bridgehead atoms. The summed E-state index contributed by atoms with van der Waals surface area (Å²) in [6, 6.07) is 1.37. The average Bonchev–Trinajstić information content (AvgIpc) is 2.69. The first-order valence-corrected chi connectivity index (χ1v) is 5.29. The second-order valence-electron chi connectivity index (χ2n) is 3.56. The van der Waals surface area contributed by atoms with Gasteiger partial charge in [0.2, 0.25) is 0 Å². The summed E-state index contributed by atoms with van der Waals surface area (Å²) in [6.07, 6.45) is 2.38. The molecule has 1 atom stereocenters. The van der Waals surface area contributed by atoms with Gasteiger partial charge in [-0.1, -0.05) is 6.92 Å². The molecule has 90 valence electrons. The molecule has 0 aliphatic rings. The number of aliphatic hydroxyl groups is 1. The average molecular weight is 226 g/mol. The number of carbonyl (C=O) groups is 1. The lowest BCUT2D eigenvalue weighted by molar-refractivity contribution is 0.214. The fourth-order valence-corrected chi connectivity index (χ4v) is 1.26. The number of carbonyl (C=O) groups excluding carboxylic acids is 1. The third kappa shape index (κ3) is 3.54. The molecule has 0 fully saturated rings. The van der Waals surface area contributed by atoms with Gasteiger partial charge >= 0.3 is 6.03 Å². The van der Waals surface area contributed by atoms with Gasteiger partial charge in [-0.3, -0.25) is 4.68 Å². The number of aryl methyl sites for hydroxylation is 1. The molecule has 2 amide bonds. The van der Waals surface area contributed by atoms with Crippen molar-refractivity contribution in [2.24, 2.45) is 7.05 Å². The number of hydrogen-bond acceptors (Lipinski definition) is 3. The minimum atomic E-state index is -0.276. The number of amides is 2. The molecule has 6 heteroatoms. The molecular formula is C10H18N4O2. The maximum atomic E-state index is 11.4. The zero-order chi connectivity index (χ0) is 12.0. The van der Waals surface area contributed by atoms with Crippen LogP contribution in [0.25, 0.3) is 0 Å². The van der Waals surface area contributed by atoms with Crippen LogP contribution in [0.4, 0.5) is 4.79 Å². The first kappa shape index (κ1) is 12.5. The van der Waals surface area contributed by atoms with Crippen molar-refractivity contribution in [3.05, 3.63) is 18.0 Å². The van der Waals surface area contributed by atoms with E-state index in [1.165, 1.54) is 0 Å². The Morgan fingerprint density at radius 2 is 2.44 bits per heavy atom. The fourth-order valence-electron chi connectivity index (χ4n) is 1.26. The highest BCUT2D eigenvalue weighted by atomic mass is 16.3. The lowest BCUT2D eigenvalue weighted by Gasteiger charge is -2.14. The number of nitrogens with zero attached hydrogens (tertiary/aromatic N) is 2. The molecule has 3 N–H and O–H groups in total. The van der Waals surface area contributed by atoms with Crippen LogP contribution in [0, 0.1) is 0 Å². The van der Waals surface area contributed by atoms with Gasteiger partial charge in [-0.2, -0.15) is 5.10 Å². The Labute approximate surface area is 94.6 Å². The molecule has 1 heterocycles. The second-order valence-corrected chi connectivity index (χ2v) is 3.56. The highest BCUT2D eigenvalue weighted by molar-refractivity contribution is 5.74. The number of rotatable bonds is 5. The van der Waals surface area contributed by atoms with E-state index in [1.807, 2.05) is 20.0 Å². The summed E-state index contributed by atoms with van der Waals surface area (Å²) in [4.78, 5) is 11.4. The summed E-state index contributed by atoms with van der Waals surface area (Å²) in [5.74, 6) is 0. The molecule has 1 rings (SSSR count). The highest BCUT2D eigenvalue weighted by Crippen LogP contribution is 1.95. The number of nitrogens with one attached hydrogen (secondary N) is 2. The van der Waals surface area contributed by atoms with Crippen molar-refractivity contribution in [1.82, 2.24) is 20.4 Å². The van der Waals surface area contributed by atoms with Crippen molar-refractivity contribution < 1.29 is 9.90 Å². The Kier molecular flexibility index (Phi) is 4.78. The Morgan fingerprint density at radius 3 is 2.94 bits per heavy atom. The van der Waals surface area contributed by atoms with E-state index in [1.54, 1.807) is 10.9 Å². The van der Waals surface area contributed by atoms with E-state index in [-0.39, 0.29) is 18.7 Å². The van der Waals surface area contributed by atoms with E-state index in [0.717, 1.165) is 5.69 Å². The third-order valence-electron chi connectivity index (χ3n) is 2.40. The van der Waals surface area contributed by atoms with Crippen LogP contribution < -0.4 is 10.6 Å². The summed E-state index contributed by atoms with van der Waals surface area (Å²) >= 11 is 0. The van der Waals surface area contributed by atoms with Crippen molar-refractivity contribution in [1.29, 1.82) is 0 Å². The lowest BCUT2D eigenvalue weighted by Crippen LogP contribution is -2.43. The predicted octanol–water partition coefficient (Wildman–Crippen LogP) is -0.00980. The molecule has 1 aromatic rings. The van der Waals surface area contributed by atoms with Crippen molar-refractivity contribution in [3.8, 4) is 0 Å². The van der Waals surface area contributed by atoms with Crippen molar-refractivity contribution >= 4 is 6.03 Å². The topological polar surface area (TPSA) is 79.2 Å². The molecule has 1 aromatic heterocycles. The number of aliphatic hydroxyl groups excluding tert-OH is 1. The molecule has 0 aliphatic carbocycles. The number of urea groups is 1. The molecule has 16 heavy (non-hydrogen) atoms. The SMILES string of the molecule is CCC(CO)NC(=O)NCc1ccnn1C. The minimum absolute atomic E-state index is 0.0460. The molecule has 0 saturated heterocycles. The maximum Gasteiger partial charge on any atom is 0.315 e. The van der Waals surface area contributed by atoms with Crippen LogP contribution in [-0.4, -0.2) is 33.6 Å². The normalized spacial score (nSPS) is 12.2. The van der Waals surface area contributed by atoms with Gasteiger partial charge in [0.05, 0.1) is 24.9 Å². The molecule has 6 nitrogen and oxygen atoms in total. The van der Waals surface area contributed by atoms with Gasteiger partial charge in [-0.15, -0.1) is 0 Å². The van der Waals surface area contributed by atoms with Crippen LogP contribution in [-0.2, 0) is 13.6 Å². The van der Waals surface area contributed by atoms with Crippen LogP contribution in [0.5, 0.6) is 0 Å². The van der Waals surface area contributed by atoms with Crippen LogP contribution >= 0.6 is 0 Å².